The molecule has 1 aromatic carbocycles. The molecule has 0 fully saturated rings. The summed E-state index contributed by atoms with van der Waals surface area (Å²) in [4.78, 5) is 0. The van der Waals surface area contributed by atoms with Crippen molar-refractivity contribution in [2.24, 2.45) is 16.2 Å². The first-order chi connectivity index (χ1) is 19.4. The number of allylic oxidation sites excluding steroid dienone is 1. The summed E-state index contributed by atoms with van der Waals surface area (Å²) in [5.74, 6) is 0. The molecule has 2 aromatic rings. The van der Waals surface area contributed by atoms with E-state index in [2.05, 4.69) is 62.3 Å². The van der Waals surface area contributed by atoms with E-state index in [9.17, 15) is 0 Å². The maximum atomic E-state index is 15.6. The van der Waals surface area contributed by atoms with Crippen LogP contribution in [0.5, 0.6) is 0 Å². The van der Waals surface area contributed by atoms with Gasteiger partial charge in [0.1, 0.15) is 0 Å². The molecule has 0 N–H and O–H groups in total. The molecule has 5 heteroatoms. The Bertz CT molecular complexity index is 1450. The van der Waals surface area contributed by atoms with Crippen LogP contribution in [-0.2, 0) is 19.3 Å². The van der Waals surface area contributed by atoms with Crippen LogP contribution in [0.3, 0.4) is 0 Å². The average molecular weight is 598 g/mol. The van der Waals surface area contributed by atoms with E-state index in [0.29, 0.717) is 18.3 Å². The van der Waals surface area contributed by atoms with Crippen LogP contribution in [0.4, 0.5) is 7.77 Å². The van der Waals surface area contributed by atoms with Gasteiger partial charge in [0, 0.05) is 24.6 Å². The van der Waals surface area contributed by atoms with Crippen LogP contribution in [0.2, 0.25) is 0 Å². The van der Waals surface area contributed by atoms with Crippen molar-refractivity contribution in [1.82, 2.24) is 3.97 Å². The number of fused-ring (bicyclic) bond motifs is 3. The summed E-state index contributed by atoms with van der Waals surface area (Å²) in [5, 5.41) is 0. The minimum Gasteiger partial charge on any atom is -0.205 e. The monoisotopic (exact) mass is 597 g/mol. The van der Waals surface area contributed by atoms with Crippen molar-refractivity contribution in [3.8, 4) is 0 Å². The summed E-state index contributed by atoms with van der Waals surface area (Å²) in [6.45, 7) is 23.4. The summed E-state index contributed by atoms with van der Waals surface area (Å²) in [6, 6.07) is 2.02. The standard InChI is InChI=1S/C37H55F2N2S/c1-25-21-31(41-34(25)22-30-14-12-20-40(30)42(41,38)39)13-11-16-35(6,7)24-36(8,9)18-19-37(10)17-15-32-28(4)26(2)27(3)29(5)33(32)23-37/h20-22H,11-19,23-24H2,1-10H3/q+1/t37-/m0/s1. The second-order valence-electron chi connectivity index (χ2n) is 15.9. The number of rotatable bonds is 9. The molecule has 1 atom stereocenters. The smallest absolute Gasteiger partial charge is 0.205 e. The van der Waals surface area contributed by atoms with E-state index < -0.39 is 11.2 Å². The Hall–Kier alpha value is -1.88. The van der Waals surface area contributed by atoms with Crippen molar-refractivity contribution < 1.29 is 11.8 Å². The molecular formula is C37H55F2N2S+. The molecule has 0 radical (unpaired) electrons. The van der Waals surface area contributed by atoms with Gasteiger partial charge in [-0.05, 0) is 154 Å². The topological polar surface area (TPSA) is 7.94 Å². The maximum Gasteiger partial charge on any atom is 0.387 e. The molecule has 1 aliphatic carbocycles. The van der Waals surface area contributed by atoms with Crippen molar-refractivity contribution in [1.29, 1.82) is 0 Å². The first kappa shape index (κ1) is 31.5. The van der Waals surface area contributed by atoms with Gasteiger partial charge in [-0.1, -0.05) is 46.4 Å². The highest BCUT2D eigenvalue weighted by Gasteiger charge is 2.49. The Labute approximate surface area is 256 Å². The van der Waals surface area contributed by atoms with E-state index in [-0.39, 0.29) is 10.8 Å². The lowest BCUT2D eigenvalue weighted by Gasteiger charge is -2.41. The van der Waals surface area contributed by atoms with Gasteiger partial charge < -0.3 is 0 Å². The van der Waals surface area contributed by atoms with Crippen LogP contribution in [0.1, 0.15) is 136 Å². The third kappa shape index (κ3) is 5.81. The van der Waals surface area contributed by atoms with Crippen molar-refractivity contribution >= 4 is 23.5 Å². The fourth-order valence-electron chi connectivity index (χ4n) is 8.53. The van der Waals surface area contributed by atoms with Gasteiger partial charge in [0.05, 0.1) is 5.69 Å². The summed E-state index contributed by atoms with van der Waals surface area (Å²) >= 11 is -4.05. The molecule has 42 heavy (non-hydrogen) atoms. The highest BCUT2D eigenvalue weighted by atomic mass is 32.3. The van der Waals surface area contributed by atoms with Crippen LogP contribution in [0.15, 0.2) is 11.8 Å². The molecule has 0 amide bonds. The van der Waals surface area contributed by atoms with Crippen molar-refractivity contribution in [2.45, 2.75) is 140 Å². The predicted molar refractivity (Wildman–Crippen MR) is 178 cm³/mol. The molecule has 0 saturated carbocycles. The van der Waals surface area contributed by atoms with Gasteiger partial charge in [-0.25, -0.2) is 3.97 Å². The minimum absolute atomic E-state index is 0.170. The Morgan fingerprint density at radius 3 is 2.24 bits per heavy atom. The second kappa shape index (κ2) is 10.9. The third-order valence-electron chi connectivity index (χ3n) is 11.2. The zero-order valence-corrected chi connectivity index (χ0v) is 28.9. The Balaban J connectivity index is 1.20. The Morgan fingerprint density at radius 2 is 1.55 bits per heavy atom. The molecule has 2 nitrogen and oxygen atoms in total. The van der Waals surface area contributed by atoms with Crippen LogP contribution in [0, 0.1) is 50.9 Å². The van der Waals surface area contributed by atoms with Gasteiger partial charge in [0.15, 0.2) is 6.21 Å². The lowest BCUT2D eigenvalue weighted by atomic mass is 9.64. The zero-order chi connectivity index (χ0) is 30.8. The predicted octanol–water partition coefficient (Wildman–Crippen LogP) is 11.3. The Kier molecular flexibility index (Phi) is 8.21. The van der Waals surface area contributed by atoms with Gasteiger partial charge >= 0.3 is 11.2 Å². The van der Waals surface area contributed by atoms with Gasteiger partial charge in [0.25, 0.3) is 0 Å². The first-order valence-corrected chi connectivity index (χ1v) is 17.7. The van der Waals surface area contributed by atoms with Crippen LogP contribution < -0.4 is 0 Å². The van der Waals surface area contributed by atoms with E-state index in [1.165, 1.54) is 62.3 Å². The molecule has 5 rings (SSSR count). The zero-order valence-electron chi connectivity index (χ0n) is 28.1. The number of aromatic nitrogens is 1. The summed E-state index contributed by atoms with van der Waals surface area (Å²) in [7, 11) is 0. The molecule has 0 bridgehead atoms. The number of benzene rings is 1. The number of hydrogen-bond acceptors (Lipinski definition) is 0. The SMILES string of the molecule is Cc1cc(CCCC(C)(C)CC(C)(C)CC[C@]2(C)CCc3c(C)c(C)c(C)c(C)c3C2)n2c1C=C1CCC=[N+]1S2(F)F. The maximum absolute atomic E-state index is 15.6. The highest BCUT2D eigenvalue weighted by molar-refractivity contribution is 8.18. The van der Waals surface area contributed by atoms with Crippen LogP contribution in [0.25, 0.3) is 6.08 Å². The van der Waals surface area contributed by atoms with Crippen molar-refractivity contribution in [3.63, 3.8) is 0 Å². The van der Waals surface area contributed by atoms with Crippen molar-refractivity contribution in [2.75, 3.05) is 0 Å². The number of nitrogens with zero attached hydrogens (tertiary/aromatic N) is 2. The van der Waals surface area contributed by atoms with Crippen LogP contribution >= 0.6 is 11.2 Å². The number of aryl methyl sites for hydroxylation is 2. The number of hydrogen-bond donors (Lipinski definition) is 0. The molecule has 3 heterocycles. The first-order valence-electron chi connectivity index (χ1n) is 16.3. The Morgan fingerprint density at radius 1 is 0.905 bits per heavy atom. The lowest BCUT2D eigenvalue weighted by molar-refractivity contribution is -0.301. The molecular weight excluding hydrogens is 542 g/mol. The summed E-state index contributed by atoms with van der Waals surface area (Å²) in [6.07, 6.45) is 15.2. The van der Waals surface area contributed by atoms with Gasteiger partial charge in [-0.15, -0.1) is 0 Å². The fraction of sp³-hybridized carbons (Fsp3) is 0.649. The number of halogens is 2. The van der Waals surface area contributed by atoms with E-state index in [1.807, 2.05) is 19.1 Å². The van der Waals surface area contributed by atoms with E-state index in [4.69, 9.17) is 0 Å². The molecule has 0 unspecified atom stereocenters. The van der Waals surface area contributed by atoms with Crippen LogP contribution in [-0.4, -0.2) is 14.2 Å². The third-order valence-corrected chi connectivity index (χ3v) is 12.9. The molecule has 0 saturated heterocycles. The lowest BCUT2D eigenvalue weighted by Crippen LogP contribution is -2.31. The molecule has 0 spiro atoms. The van der Waals surface area contributed by atoms with Crippen molar-refractivity contribution in [3.05, 3.63) is 62.1 Å². The molecule has 3 aliphatic rings. The van der Waals surface area contributed by atoms with E-state index in [1.54, 1.807) is 17.3 Å². The van der Waals surface area contributed by atoms with E-state index in [0.717, 1.165) is 48.3 Å². The van der Waals surface area contributed by atoms with Gasteiger partial charge in [-0.2, -0.15) is 0 Å². The van der Waals surface area contributed by atoms with Gasteiger partial charge in [0.2, 0.25) is 5.70 Å². The second-order valence-corrected chi connectivity index (χ2v) is 17.5. The largest absolute Gasteiger partial charge is 0.387 e. The quantitative estimate of drug-likeness (QED) is 0.254. The summed E-state index contributed by atoms with van der Waals surface area (Å²) in [5.41, 5.74) is 13.3. The summed E-state index contributed by atoms with van der Waals surface area (Å²) < 4.78 is 34.0. The van der Waals surface area contributed by atoms with Gasteiger partial charge in [-0.3, -0.25) is 0 Å². The molecule has 232 valence electrons. The molecule has 1 aromatic heterocycles. The average Bonchev–Trinajstić information content (AvgIpc) is 3.50. The minimum atomic E-state index is -4.05. The van der Waals surface area contributed by atoms with E-state index >= 15 is 7.77 Å². The fourth-order valence-corrected chi connectivity index (χ4v) is 10.3. The molecule has 2 aliphatic heterocycles. The normalized spacial score (nSPS) is 22.3. The highest BCUT2D eigenvalue weighted by Crippen LogP contribution is 2.61.